The first kappa shape index (κ1) is 30.1. The van der Waals surface area contributed by atoms with Crippen molar-refractivity contribution in [1.82, 2.24) is 10.2 Å². The SMILES string of the molecule is CCCNC(=O)[C@@H](Cc1ccccc1)N(Cc1cccc(OC)c1)C(=O)CCCN1c2cccc3cccc(c23)S1(=O)=O. The molecule has 1 aliphatic heterocycles. The van der Waals surface area contributed by atoms with E-state index in [1.165, 1.54) is 4.31 Å². The fraction of sp³-hybridized carbons (Fsp3) is 0.294. The number of hydrogen-bond acceptors (Lipinski definition) is 5. The van der Waals surface area contributed by atoms with Crippen LogP contribution in [0.2, 0.25) is 0 Å². The third-order valence-corrected chi connectivity index (χ3v) is 9.60. The van der Waals surface area contributed by atoms with Gasteiger partial charge in [0.05, 0.1) is 17.7 Å². The van der Waals surface area contributed by atoms with E-state index < -0.39 is 16.1 Å². The normalized spacial score (nSPS) is 14.0. The predicted molar refractivity (Wildman–Crippen MR) is 168 cm³/mol. The molecule has 1 N–H and O–H groups in total. The highest BCUT2D eigenvalue weighted by Crippen LogP contribution is 2.42. The van der Waals surface area contributed by atoms with Gasteiger partial charge in [-0.2, -0.15) is 0 Å². The Morgan fingerprint density at radius 1 is 0.930 bits per heavy atom. The monoisotopic (exact) mass is 599 g/mol. The second-order valence-electron chi connectivity index (χ2n) is 10.7. The van der Waals surface area contributed by atoms with Gasteiger partial charge in [-0.1, -0.05) is 73.7 Å². The molecule has 9 heteroatoms. The van der Waals surface area contributed by atoms with Crippen LogP contribution < -0.4 is 14.4 Å². The lowest BCUT2D eigenvalue weighted by Gasteiger charge is -2.32. The largest absolute Gasteiger partial charge is 0.497 e. The second-order valence-corrected chi connectivity index (χ2v) is 12.5. The van der Waals surface area contributed by atoms with Gasteiger partial charge in [-0.25, -0.2) is 8.42 Å². The summed E-state index contributed by atoms with van der Waals surface area (Å²) in [5, 5.41) is 4.56. The van der Waals surface area contributed by atoms with Crippen LogP contribution in [0.5, 0.6) is 5.75 Å². The van der Waals surface area contributed by atoms with Gasteiger partial charge in [0.15, 0.2) is 0 Å². The van der Waals surface area contributed by atoms with Crippen LogP contribution in [0.4, 0.5) is 5.69 Å². The molecule has 4 aromatic carbocycles. The lowest BCUT2D eigenvalue weighted by molar-refractivity contribution is -0.141. The zero-order valence-electron chi connectivity index (χ0n) is 24.5. The maximum absolute atomic E-state index is 14.0. The highest BCUT2D eigenvalue weighted by Gasteiger charge is 2.36. The van der Waals surface area contributed by atoms with Crippen molar-refractivity contribution in [1.29, 1.82) is 0 Å². The summed E-state index contributed by atoms with van der Waals surface area (Å²) in [6, 6.07) is 27.2. The highest BCUT2D eigenvalue weighted by molar-refractivity contribution is 7.93. The standard InChI is InChI=1S/C34H37N3O5S/c1-3-20-35-34(39)30(23-25-11-5-4-6-12-25)36(24-26-13-7-16-28(22-26)42-2)32(38)19-10-21-37-29-17-8-14-27-15-9-18-31(33(27)29)43(37,40)41/h4-9,11-18,22,30H,3,10,19-21,23-24H2,1-2H3,(H,35,39)/t30-/m1/s1. The first-order valence-corrected chi connectivity index (χ1v) is 16.1. The second kappa shape index (κ2) is 13.3. The topological polar surface area (TPSA) is 96.0 Å². The smallest absolute Gasteiger partial charge is 0.265 e. The molecule has 0 spiro atoms. The van der Waals surface area contributed by atoms with E-state index in [-0.39, 0.29) is 31.3 Å². The van der Waals surface area contributed by atoms with Crippen molar-refractivity contribution in [2.75, 3.05) is 24.5 Å². The Hall–Kier alpha value is -4.37. The molecule has 8 nitrogen and oxygen atoms in total. The van der Waals surface area contributed by atoms with Gasteiger partial charge in [-0.05, 0) is 53.6 Å². The van der Waals surface area contributed by atoms with Gasteiger partial charge in [0.2, 0.25) is 11.8 Å². The van der Waals surface area contributed by atoms with Crippen LogP contribution in [-0.2, 0) is 32.6 Å². The Balaban J connectivity index is 1.40. The Labute approximate surface area is 253 Å². The molecule has 0 unspecified atom stereocenters. The fourth-order valence-electron chi connectivity index (χ4n) is 5.60. The zero-order chi connectivity index (χ0) is 30.4. The van der Waals surface area contributed by atoms with Crippen molar-refractivity contribution in [2.45, 2.75) is 50.1 Å². The highest BCUT2D eigenvalue weighted by atomic mass is 32.2. The summed E-state index contributed by atoms with van der Waals surface area (Å²) in [6.07, 6.45) is 1.50. The van der Waals surface area contributed by atoms with E-state index in [0.717, 1.165) is 22.9 Å². The Bertz CT molecular complexity index is 1700. The molecule has 0 bridgehead atoms. The number of nitrogens with one attached hydrogen (secondary N) is 1. The molecule has 0 aromatic heterocycles. The molecule has 0 saturated carbocycles. The van der Waals surface area contributed by atoms with Crippen LogP contribution in [0.3, 0.4) is 0 Å². The van der Waals surface area contributed by atoms with Crippen LogP contribution in [-0.4, -0.2) is 51.4 Å². The van der Waals surface area contributed by atoms with Gasteiger partial charge in [0.25, 0.3) is 10.0 Å². The first-order chi connectivity index (χ1) is 20.8. The molecule has 0 saturated heterocycles. The molecule has 5 rings (SSSR count). The van der Waals surface area contributed by atoms with Gasteiger partial charge < -0.3 is 15.0 Å². The lowest BCUT2D eigenvalue weighted by atomic mass is 10.0. The number of sulfonamides is 1. The predicted octanol–water partition coefficient (Wildman–Crippen LogP) is 5.30. The summed E-state index contributed by atoms with van der Waals surface area (Å²) < 4.78 is 33.7. The number of carbonyl (C=O) groups excluding carboxylic acids is 2. The van der Waals surface area contributed by atoms with Crippen LogP contribution in [0, 0.1) is 0 Å². The van der Waals surface area contributed by atoms with Crippen molar-refractivity contribution in [3.8, 4) is 5.75 Å². The van der Waals surface area contributed by atoms with E-state index in [4.69, 9.17) is 4.74 Å². The summed E-state index contributed by atoms with van der Waals surface area (Å²) in [5.41, 5.74) is 2.41. The molecular weight excluding hydrogens is 562 g/mol. The van der Waals surface area contributed by atoms with Crippen molar-refractivity contribution in [3.63, 3.8) is 0 Å². The van der Waals surface area contributed by atoms with E-state index in [2.05, 4.69) is 5.32 Å². The molecule has 43 heavy (non-hydrogen) atoms. The summed E-state index contributed by atoms with van der Waals surface area (Å²) in [4.78, 5) is 29.5. The van der Waals surface area contributed by atoms with Gasteiger partial charge in [0.1, 0.15) is 11.8 Å². The van der Waals surface area contributed by atoms with Gasteiger partial charge in [-0.15, -0.1) is 0 Å². The summed E-state index contributed by atoms with van der Waals surface area (Å²) in [7, 11) is -2.14. The van der Waals surface area contributed by atoms with Crippen LogP contribution in [0.1, 0.15) is 37.3 Å². The van der Waals surface area contributed by atoms with E-state index in [1.807, 2.05) is 79.7 Å². The maximum Gasteiger partial charge on any atom is 0.265 e. The molecule has 4 aromatic rings. The van der Waals surface area contributed by atoms with E-state index in [9.17, 15) is 18.0 Å². The van der Waals surface area contributed by atoms with Crippen molar-refractivity contribution in [3.05, 3.63) is 102 Å². The van der Waals surface area contributed by atoms with Gasteiger partial charge in [-0.3, -0.25) is 13.9 Å². The summed E-state index contributed by atoms with van der Waals surface area (Å²) >= 11 is 0. The van der Waals surface area contributed by atoms with Crippen molar-refractivity contribution in [2.24, 2.45) is 0 Å². The Morgan fingerprint density at radius 2 is 1.65 bits per heavy atom. The molecular formula is C34H37N3O5S. The third kappa shape index (κ3) is 6.51. The number of rotatable bonds is 13. The minimum absolute atomic E-state index is 0.0780. The molecule has 1 aliphatic rings. The molecule has 2 amide bonds. The number of methoxy groups -OCH3 is 1. The Kier molecular flexibility index (Phi) is 9.31. The fourth-order valence-corrected chi connectivity index (χ4v) is 7.35. The number of anilines is 1. The molecule has 0 radical (unpaired) electrons. The van der Waals surface area contributed by atoms with Crippen molar-refractivity contribution >= 4 is 38.3 Å². The van der Waals surface area contributed by atoms with Gasteiger partial charge >= 0.3 is 0 Å². The Morgan fingerprint density at radius 3 is 2.40 bits per heavy atom. The summed E-state index contributed by atoms with van der Waals surface area (Å²) in [6.45, 7) is 2.85. The molecule has 1 atom stereocenters. The maximum atomic E-state index is 14.0. The van der Waals surface area contributed by atoms with Crippen LogP contribution >= 0.6 is 0 Å². The molecule has 224 valence electrons. The average Bonchev–Trinajstić information content (AvgIpc) is 3.25. The lowest BCUT2D eigenvalue weighted by Crippen LogP contribution is -2.50. The number of ether oxygens (including phenoxy) is 1. The number of nitrogens with zero attached hydrogens (tertiary/aromatic N) is 2. The minimum Gasteiger partial charge on any atom is -0.497 e. The third-order valence-electron chi connectivity index (χ3n) is 7.74. The zero-order valence-corrected chi connectivity index (χ0v) is 25.3. The molecule has 0 fully saturated rings. The van der Waals surface area contributed by atoms with Gasteiger partial charge in [0, 0.05) is 37.9 Å². The average molecular weight is 600 g/mol. The minimum atomic E-state index is -3.72. The van der Waals surface area contributed by atoms with Crippen LogP contribution in [0.15, 0.2) is 95.9 Å². The van der Waals surface area contributed by atoms with E-state index in [0.29, 0.717) is 41.1 Å². The molecule has 1 heterocycles. The molecule has 0 aliphatic carbocycles. The number of amides is 2. The number of benzene rings is 4. The number of carbonyl (C=O) groups is 2. The quantitative estimate of drug-likeness (QED) is 0.225. The summed E-state index contributed by atoms with van der Waals surface area (Å²) in [5.74, 6) is 0.224. The number of hydrogen-bond donors (Lipinski definition) is 1. The first-order valence-electron chi connectivity index (χ1n) is 14.6. The van der Waals surface area contributed by atoms with E-state index >= 15 is 0 Å². The van der Waals surface area contributed by atoms with E-state index in [1.54, 1.807) is 30.2 Å². The van der Waals surface area contributed by atoms with Crippen LogP contribution in [0.25, 0.3) is 10.8 Å². The van der Waals surface area contributed by atoms with Crippen molar-refractivity contribution < 1.29 is 22.7 Å².